The fraction of sp³-hybridized carbons (Fsp3) is 0.0952. The third kappa shape index (κ3) is 3.64. The van der Waals surface area contributed by atoms with E-state index in [-0.39, 0.29) is 18.2 Å². The lowest BCUT2D eigenvalue weighted by atomic mass is 10.1. The first-order valence-corrected chi connectivity index (χ1v) is 8.45. The van der Waals surface area contributed by atoms with Crippen LogP contribution >= 0.6 is 0 Å². The molecule has 0 spiro atoms. The van der Waals surface area contributed by atoms with Crippen molar-refractivity contribution in [1.29, 1.82) is 0 Å². The number of furan rings is 1. The van der Waals surface area contributed by atoms with Crippen molar-refractivity contribution in [2.24, 2.45) is 0 Å². The molecule has 1 amide bonds. The number of amides is 1. The van der Waals surface area contributed by atoms with Gasteiger partial charge in [0.2, 0.25) is 0 Å². The van der Waals surface area contributed by atoms with Gasteiger partial charge >= 0.3 is 0 Å². The Hall–Kier alpha value is -3.67. The predicted octanol–water partition coefficient (Wildman–Crippen LogP) is 3.83. The maximum Gasteiger partial charge on any atom is 0.287 e. The van der Waals surface area contributed by atoms with E-state index in [2.05, 4.69) is 15.3 Å². The molecule has 2 aromatic carbocycles. The first kappa shape index (κ1) is 16.8. The van der Waals surface area contributed by atoms with Gasteiger partial charge in [0.1, 0.15) is 17.7 Å². The molecular weight excluding hydrogens is 342 g/mol. The summed E-state index contributed by atoms with van der Waals surface area (Å²) in [7, 11) is 1.63. The number of carbonyl (C=O) groups is 1. The van der Waals surface area contributed by atoms with Crippen molar-refractivity contribution in [2.45, 2.75) is 6.54 Å². The lowest BCUT2D eigenvalue weighted by Gasteiger charge is -2.06. The fourth-order valence-corrected chi connectivity index (χ4v) is 2.77. The molecule has 2 aromatic heterocycles. The van der Waals surface area contributed by atoms with Gasteiger partial charge in [-0.3, -0.25) is 4.79 Å². The van der Waals surface area contributed by atoms with Gasteiger partial charge in [-0.05, 0) is 42.5 Å². The maximum absolute atomic E-state index is 12.4. The molecule has 27 heavy (non-hydrogen) atoms. The quantitative estimate of drug-likeness (QED) is 0.586. The number of aromatic nitrogens is 2. The van der Waals surface area contributed by atoms with Crippen LogP contribution in [0.1, 0.15) is 16.2 Å². The van der Waals surface area contributed by atoms with Crippen LogP contribution in [-0.4, -0.2) is 23.0 Å². The molecule has 0 atom stereocenters. The maximum atomic E-state index is 12.4. The molecule has 6 nitrogen and oxygen atoms in total. The molecule has 0 aliphatic heterocycles. The predicted molar refractivity (Wildman–Crippen MR) is 101 cm³/mol. The lowest BCUT2D eigenvalue weighted by Crippen LogP contribution is -2.22. The number of hydrogen-bond donors (Lipinski definition) is 1. The summed E-state index contributed by atoms with van der Waals surface area (Å²) in [6.07, 6.45) is 1.49. The molecule has 0 aliphatic carbocycles. The molecule has 0 saturated carbocycles. The van der Waals surface area contributed by atoms with Crippen LogP contribution in [0.2, 0.25) is 0 Å². The number of nitrogens with zero attached hydrogens (tertiary/aromatic N) is 2. The Morgan fingerprint density at radius 1 is 1.07 bits per heavy atom. The molecule has 0 saturated heterocycles. The van der Waals surface area contributed by atoms with Crippen LogP contribution in [-0.2, 0) is 6.54 Å². The van der Waals surface area contributed by atoms with E-state index in [9.17, 15) is 4.79 Å². The van der Waals surface area contributed by atoms with E-state index in [1.165, 1.54) is 6.33 Å². The number of nitrogens with one attached hydrogen (secondary N) is 1. The average Bonchev–Trinajstić information content (AvgIpc) is 3.17. The third-order valence-corrected chi connectivity index (χ3v) is 4.19. The van der Waals surface area contributed by atoms with Gasteiger partial charge in [0.15, 0.2) is 5.76 Å². The van der Waals surface area contributed by atoms with Gasteiger partial charge in [0.05, 0.1) is 25.0 Å². The molecule has 134 valence electrons. The van der Waals surface area contributed by atoms with Crippen molar-refractivity contribution < 1.29 is 13.9 Å². The fourth-order valence-electron chi connectivity index (χ4n) is 2.77. The molecule has 4 aromatic rings. The summed E-state index contributed by atoms with van der Waals surface area (Å²) >= 11 is 0. The van der Waals surface area contributed by atoms with Crippen molar-refractivity contribution in [3.05, 3.63) is 78.4 Å². The highest BCUT2D eigenvalue weighted by molar-refractivity contribution is 5.96. The van der Waals surface area contributed by atoms with Gasteiger partial charge in [0.25, 0.3) is 5.91 Å². The van der Waals surface area contributed by atoms with Crippen molar-refractivity contribution in [3.63, 3.8) is 0 Å². The van der Waals surface area contributed by atoms with Crippen LogP contribution in [0.15, 0.2) is 71.4 Å². The minimum Gasteiger partial charge on any atom is -0.497 e. The van der Waals surface area contributed by atoms with Crippen molar-refractivity contribution in [3.8, 4) is 17.0 Å². The van der Waals surface area contributed by atoms with Crippen LogP contribution in [0, 0.1) is 0 Å². The number of hydrogen-bond acceptors (Lipinski definition) is 5. The Bertz CT molecular complexity index is 1050. The van der Waals surface area contributed by atoms with E-state index in [0.717, 1.165) is 22.4 Å². The van der Waals surface area contributed by atoms with E-state index in [1.54, 1.807) is 13.2 Å². The minimum atomic E-state index is -0.282. The topological polar surface area (TPSA) is 77.2 Å². The number of fused-ring (bicyclic) bond motifs is 1. The average molecular weight is 359 g/mol. The smallest absolute Gasteiger partial charge is 0.287 e. The minimum absolute atomic E-state index is 0.278. The van der Waals surface area contributed by atoms with Crippen molar-refractivity contribution >= 4 is 16.9 Å². The van der Waals surface area contributed by atoms with Gasteiger partial charge in [-0.2, -0.15) is 0 Å². The highest BCUT2D eigenvalue weighted by atomic mass is 16.5. The first-order chi connectivity index (χ1) is 13.2. The molecule has 0 aliphatic rings. The lowest BCUT2D eigenvalue weighted by molar-refractivity contribution is 0.0925. The normalized spacial score (nSPS) is 10.7. The molecule has 1 N–H and O–H groups in total. The second kappa shape index (κ2) is 7.29. The summed E-state index contributed by atoms with van der Waals surface area (Å²) < 4.78 is 10.7. The number of ether oxygens (including phenoxy) is 1. The van der Waals surface area contributed by atoms with Crippen LogP contribution < -0.4 is 10.1 Å². The van der Waals surface area contributed by atoms with Crippen LogP contribution in [0.25, 0.3) is 22.2 Å². The number of para-hydroxylation sites is 1. The van der Waals surface area contributed by atoms with E-state index in [4.69, 9.17) is 9.15 Å². The van der Waals surface area contributed by atoms with E-state index in [1.807, 2.05) is 54.6 Å². The summed E-state index contributed by atoms with van der Waals surface area (Å²) in [5.41, 5.74) is 3.12. The highest BCUT2D eigenvalue weighted by Gasteiger charge is 2.12. The second-order valence-electron chi connectivity index (χ2n) is 5.95. The Morgan fingerprint density at radius 3 is 2.67 bits per heavy atom. The van der Waals surface area contributed by atoms with Gasteiger partial charge in [-0.1, -0.05) is 18.2 Å². The molecule has 0 bridgehead atoms. The third-order valence-electron chi connectivity index (χ3n) is 4.19. The summed E-state index contributed by atoms with van der Waals surface area (Å²) in [5.74, 6) is 0.780. The zero-order chi connectivity index (χ0) is 18.6. The monoisotopic (exact) mass is 359 g/mol. The molecule has 0 unspecified atom stereocenters. The summed E-state index contributed by atoms with van der Waals surface area (Å²) in [4.78, 5) is 20.9. The number of benzene rings is 2. The first-order valence-electron chi connectivity index (χ1n) is 8.45. The van der Waals surface area contributed by atoms with Crippen LogP contribution in [0.4, 0.5) is 0 Å². The van der Waals surface area contributed by atoms with Gasteiger partial charge in [-0.25, -0.2) is 9.97 Å². The van der Waals surface area contributed by atoms with Crippen molar-refractivity contribution in [2.75, 3.05) is 7.11 Å². The largest absolute Gasteiger partial charge is 0.497 e. The summed E-state index contributed by atoms with van der Waals surface area (Å²) in [6, 6.07) is 18.7. The van der Waals surface area contributed by atoms with Gasteiger partial charge in [-0.15, -0.1) is 0 Å². The van der Waals surface area contributed by atoms with Crippen LogP contribution in [0.3, 0.4) is 0 Å². The Morgan fingerprint density at radius 2 is 1.89 bits per heavy atom. The Kier molecular flexibility index (Phi) is 4.53. The Balaban J connectivity index is 1.47. The van der Waals surface area contributed by atoms with Crippen molar-refractivity contribution in [1.82, 2.24) is 15.3 Å². The van der Waals surface area contributed by atoms with Crippen LogP contribution in [0.5, 0.6) is 5.75 Å². The molecule has 0 radical (unpaired) electrons. The second-order valence-corrected chi connectivity index (χ2v) is 5.95. The summed E-state index contributed by atoms with van der Waals surface area (Å²) in [6.45, 7) is 0.279. The Labute approximate surface area is 155 Å². The molecular formula is C21H17N3O3. The molecule has 6 heteroatoms. The van der Waals surface area contributed by atoms with E-state index >= 15 is 0 Å². The highest BCUT2D eigenvalue weighted by Crippen LogP contribution is 2.21. The number of rotatable bonds is 5. The van der Waals surface area contributed by atoms with Gasteiger partial charge < -0.3 is 14.5 Å². The van der Waals surface area contributed by atoms with E-state index in [0.29, 0.717) is 11.3 Å². The molecule has 0 fully saturated rings. The SMILES string of the molecule is COc1ccc(-c2cc(CNC(=O)c3cc4ccccc4o3)ncn2)cc1. The molecule has 4 rings (SSSR count). The number of methoxy groups -OCH3 is 1. The molecule has 2 heterocycles. The summed E-state index contributed by atoms with van der Waals surface area (Å²) in [5, 5.41) is 3.73. The standard InChI is InChI=1S/C21H17N3O3/c1-26-17-8-6-14(7-9-17)18-11-16(23-13-24-18)12-22-21(25)20-10-15-4-2-3-5-19(15)27-20/h2-11,13H,12H2,1H3,(H,22,25). The zero-order valence-electron chi connectivity index (χ0n) is 14.7. The number of carbonyl (C=O) groups excluding carboxylic acids is 1. The van der Waals surface area contributed by atoms with E-state index < -0.39 is 0 Å². The zero-order valence-corrected chi connectivity index (χ0v) is 14.7. The van der Waals surface area contributed by atoms with Gasteiger partial charge in [0, 0.05) is 10.9 Å².